The van der Waals surface area contributed by atoms with Gasteiger partial charge in [-0.2, -0.15) is 0 Å². The molecule has 0 amide bonds. The van der Waals surface area contributed by atoms with Gasteiger partial charge in [0.2, 0.25) is 0 Å². The number of nitrogens with zero attached hydrogens (tertiary/aromatic N) is 1. The van der Waals surface area contributed by atoms with Crippen LogP contribution in [0.4, 0.5) is 0 Å². The highest BCUT2D eigenvalue weighted by molar-refractivity contribution is 6.48. The minimum atomic E-state index is -0.638. The largest absolute Gasteiger partial charge is 0.388 e. The van der Waals surface area contributed by atoms with Crippen LogP contribution < -0.4 is 0 Å². The lowest BCUT2D eigenvalue weighted by atomic mass is 9.52. The quantitative estimate of drug-likeness (QED) is 0.371. The topological polar surface area (TPSA) is 23.5 Å². The van der Waals surface area contributed by atoms with E-state index in [-0.39, 0.29) is 10.8 Å². The van der Waals surface area contributed by atoms with E-state index in [2.05, 4.69) is 25.7 Å². The van der Waals surface area contributed by atoms with Crippen molar-refractivity contribution >= 4 is 34.8 Å². The van der Waals surface area contributed by atoms with Crippen LogP contribution in [0.5, 0.6) is 0 Å². The molecule has 182 valence electrons. The molecule has 0 radical (unpaired) electrons. The Balaban J connectivity index is 1.32. The molecule has 2 saturated heterocycles. The second kappa shape index (κ2) is 7.64. The van der Waals surface area contributed by atoms with Crippen molar-refractivity contribution in [2.75, 3.05) is 13.1 Å². The molecular formula is C27H42Cl3NO. The monoisotopic (exact) mass is 501 g/mol. The second-order valence-electron chi connectivity index (χ2n) is 13.5. The number of hydrogen-bond donors (Lipinski definition) is 1. The molecule has 6 rings (SSSR count). The van der Waals surface area contributed by atoms with Crippen LogP contribution in [0.25, 0.3) is 0 Å². The first kappa shape index (κ1) is 23.2. The average Bonchev–Trinajstić information content (AvgIpc) is 3.08. The van der Waals surface area contributed by atoms with Crippen LogP contribution in [-0.4, -0.2) is 44.4 Å². The minimum absolute atomic E-state index is 0.212. The molecule has 32 heavy (non-hydrogen) atoms. The van der Waals surface area contributed by atoms with Gasteiger partial charge in [0.05, 0.1) is 5.60 Å². The van der Waals surface area contributed by atoms with E-state index in [1.54, 1.807) is 0 Å². The van der Waals surface area contributed by atoms with Crippen molar-refractivity contribution in [1.29, 1.82) is 0 Å². The van der Waals surface area contributed by atoms with Crippen molar-refractivity contribution in [1.82, 2.24) is 4.90 Å². The summed E-state index contributed by atoms with van der Waals surface area (Å²) in [6, 6.07) is 0.361. The molecule has 0 aromatic rings. The van der Waals surface area contributed by atoms with Gasteiger partial charge in [-0.15, -0.1) is 34.8 Å². The summed E-state index contributed by atoms with van der Waals surface area (Å²) in [6.07, 6.45) is 10.4. The van der Waals surface area contributed by atoms with Gasteiger partial charge in [0.1, 0.15) is 4.33 Å². The van der Waals surface area contributed by atoms with Crippen molar-refractivity contribution in [2.45, 2.75) is 99.9 Å². The molecule has 6 aliphatic rings. The fourth-order valence-corrected chi connectivity index (χ4v) is 11.9. The van der Waals surface area contributed by atoms with Crippen molar-refractivity contribution in [3.05, 3.63) is 0 Å². The summed E-state index contributed by atoms with van der Waals surface area (Å²) in [5.41, 5.74) is -0.336. The van der Waals surface area contributed by atoms with Gasteiger partial charge in [-0.05, 0) is 117 Å². The zero-order valence-corrected chi connectivity index (χ0v) is 22.3. The van der Waals surface area contributed by atoms with E-state index in [0.717, 1.165) is 55.9 Å². The number of aliphatic hydroxyl groups is 1. The Hall–Kier alpha value is 0.790. The predicted octanol–water partition coefficient (Wildman–Crippen LogP) is 6.74. The van der Waals surface area contributed by atoms with E-state index in [1.165, 1.54) is 38.6 Å². The van der Waals surface area contributed by atoms with Gasteiger partial charge in [-0.25, -0.2) is 0 Å². The van der Waals surface area contributed by atoms with Gasteiger partial charge >= 0.3 is 0 Å². The summed E-state index contributed by atoms with van der Waals surface area (Å²) >= 11 is 20.9. The zero-order chi connectivity index (χ0) is 22.6. The standard InChI is InChI=1S/C27H42Cl3NO/c1-15-4-7-24-26(3,32)21-6-5-17-18(20(21)14-31(24)13-15)11-22-19(17)12-27(29,30)23-10-16(28)8-9-25(22,23)2/h15-24,32H,4-14H2,1-3H3. The Morgan fingerprint density at radius 3 is 2.41 bits per heavy atom. The van der Waals surface area contributed by atoms with Crippen molar-refractivity contribution in [3.63, 3.8) is 0 Å². The first-order chi connectivity index (χ1) is 15.0. The maximum Gasteiger partial charge on any atom is 0.122 e. The Labute approximate surface area is 210 Å². The van der Waals surface area contributed by atoms with Gasteiger partial charge in [0.25, 0.3) is 0 Å². The predicted molar refractivity (Wildman–Crippen MR) is 133 cm³/mol. The third-order valence-electron chi connectivity index (χ3n) is 12.0. The van der Waals surface area contributed by atoms with Crippen molar-refractivity contribution < 1.29 is 5.11 Å². The van der Waals surface area contributed by atoms with E-state index >= 15 is 0 Å². The summed E-state index contributed by atoms with van der Waals surface area (Å²) in [5.74, 6) is 4.98. The first-order valence-electron chi connectivity index (χ1n) is 13.5. The van der Waals surface area contributed by atoms with Crippen LogP contribution >= 0.6 is 34.8 Å². The Morgan fingerprint density at radius 1 is 0.844 bits per heavy atom. The van der Waals surface area contributed by atoms with Crippen LogP contribution in [-0.2, 0) is 0 Å². The van der Waals surface area contributed by atoms with Crippen LogP contribution in [0, 0.1) is 52.8 Å². The highest BCUT2D eigenvalue weighted by atomic mass is 35.5. The third-order valence-corrected chi connectivity index (χ3v) is 13.2. The summed E-state index contributed by atoms with van der Waals surface area (Å²) in [4.78, 5) is 2.69. The smallest absolute Gasteiger partial charge is 0.122 e. The maximum atomic E-state index is 11.9. The molecule has 2 heterocycles. The molecule has 4 saturated carbocycles. The van der Waals surface area contributed by atoms with Crippen molar-refractivity contribution in [2.24, 2.45) is 52.8 Å². The van der Waals surface area contributed by atoms with E-state index < -0.39 is 9.93 Å². The molecule has 0 spiro atoms. The van der Waals surface area contributed by atoms with E-state index in [4.69, 9.17) is 34.8 Å². The second-order valence-corrected chi connectivity index (χ2v) is 15.6. The van der Waals surface area contributed by atoms with Gasteiger partial charge in [-0.3, -0.25) is 4.90 Å². The molecule has 0 aromatic heterocycles. The molecule has 0 bridgehead atoms. The van der Waals surface area contributed by atoms with Crippen LogP contribution in [0.15, 0.2) is 0 Å². The molecule has 12 atom stereocenters. The number of halogens is 3. The zero-order valence-electron chi connectivity index (χ0n) is 20.1. The Kier molecular flexibility index (Phi) is 5.54. The molecule has 1 N–H and O–H groups in total. The van der Waals surface area contributed by atoms with Gasteiger partial charge in [0.15, 0.2) is 0 Å². The molecule has 2 nitrogen and oxygen atoms in total. The number of fused-ring (bicyclic) bond motifs is 8. The average molecular weight is 503 g/mol. The normalized spacial score (nSPS) is 59.3. The molecule has 5 heteroatoms. The summed E-state index contributed by atoms with van der Waals surface area (Å²) in [5, 5.41) is 12.1. The molecule has 2 aliphatic heterocycles. The lowest BCUT2D eigenvalue weighted by molar-refractivity contribution is -0.175. The summed E-state index contributed by atoms with van der Waals surface area (Å²) < 4.78 is -0.638. The number of alkyl halides is 3. The fraction of sp³-hybridized carbons (Fsp3) is 1.00. The van der Waals surface area contributed by atoms with E-state index in [9.17, 15) is 5.11 Å². The molecular weight excluding hydrogens is 461 g/mol. The molecule has 12 unspecified atom stereocenters. The number of hydrogen-bond acceptors (Lipinski definition) is 2. The summed E-state index contributed by atoms with van der Waals surface area (Å²) in [7, 11) is 0. The van der Waals surface area contributed by atoms with Crippen LogP contribution in [0.2, 0.25) is 0 Å². The summed E-state index contributed by atoms with van der Waals surface area (Å²) in [6.45, 7) is 9.44. The maximum absolute atomic E-state index is 11.9. The van der Waals surface area contributed by atoms with Crippen LogP contribution in [0.3, 0.4) is 0 Å². The number of rotatable bonds is 0. The van der Waals surface area contributed by atoms with Crippen molar-refractivity contribution in [3.8, 4) is 0 Å². The Bertz CT molecular complexity index is 757. The molecule has 4 aliphatic carbocycles. The van der Waals surface area contributed by atoms with Gasteiger partial charge in [-0.1, -0.05) is 13.8 Å². The Morgan fingerprint density at radius 2 is 1.62 bits per heavy atom. The van der Waals surface area contributed by atoms with E-state index in [1.807, 2.05) is 0 Å². The van der Waals surface area contributed by atoms with E-state index in [0.29, 0.717) is 29.7 Å². The highest BCUT2D eigenvalue weighted by Crippen LogP contribution is 2.71. The number of piperidine rings is 2. The van der Waals surface area contributed by atoms with Gasteiger partial charge < -0.3 is 5.11 Å². The first-order valence-corrected chi connectivity index (χ1v) is 14.7. The SMILES string of the molecule is CC1CCC2N(C1)CC1C3CC4C(CC(Cl)(Cl)C5CC(Cl)CCC45C)C3CCC1C2(C)O. The minimum Gasteiger partial charge on any atom is -0.388 e. The highest BCUT2D eigenvalue weighted by Gasteiger charge is 2.66. The fourth-order valence-electron chi connectivity index (χ4n) is 10.6. The van der Waals surface area contributed by atoms with Crippen LogP contribution in [0.1, 0.15) is 78.6 Å². The molecule has 0 aromatic carbocycles. The lowest BCUT2D eigenvalue weighted by Gasteiger charge is -2.60. The molecule has 6 fully saturated rings. The lowest BCUT2D eigenvalue weighted by Crippen LogP contribution is -2.67. The third kappa shape index (κ3) is 3.24. The van der Waals surface area contributed by atoms with Gasteiger partial charge in [0, 0.05) is 24.5 Å².